The summed E-state index contributed by atoms with van der Waals surface area (Å²) in [6, 6.07) is 14.6. The highest BCUT2D eigenvalue weighted by atomic mass is 35.5. The first-order valence-electron chi connectivity index (χ1n) is 8.85. The topological polar surface area (TPSA) is 18.5 Å². The molecule has 25 heavy (non-hydrogen) atoms. The Bertz CT molecular complexity index is 680. The van der Waals surface area contributed by atoms with Crippen molar-refractivity contribution in [1.29, 1.82) is 0 Å². The van der Waals surface area contributed by atoms with E-state index in [1.807, 2.05) is 19.2 Å². The number of nitrogens with zero attached hydrogens (tertiary/aromatic N) is 2. The zero-order valence-electron chi connectivity index (χ0n) is 14.6. The molecule has 0 radical (unpaired) electrons. The van der Waals surface area contributed by atoms with Gasteiger partial charge in [0.05, 0.1) is 10.0 Å². The molecule has 1 heterocycles. The van der Waals surface area contributed by atoms with Crippen molar-refractivity contribution in [3.05, 3.63) is 58.1 Å². The van der Waals surface area contributed by atoms with Crippen LogP contribution in [0.5, 0.6) is 0 Å². The third-order valence-electron chi connectivity index (χ3n) is 4.82. The number of benzene rings is 2. The molecule has 2 aromatic carbocycles. The van der Waals surface area contributed by atoms with Gasteiger partial charge in [-0.25, -0.2) is 0 Å². The molecule has 1 N–H and O–H groups in total. The molecule has 0 bridgehead atoms. The minimum atomic E-state index is 0.617. The van der Waals surface area contributed by atoms with E-state index in [9.17, 15) is 0 Å². The lowest BCUT2D eigenvalue weighted by Crippen LogP contribution is -2.46. The second-order valence-corrected chi connectivity index (χ2v) is 7.29. The van der Waals surface area contributed by atoms with Crippen molar-refractivity contribution in [2.75, 3.05) is 50.0 Å². The van der Waals surface area contributed by atoms with Crippen LogP contribution in [0.15, 0.2) is 42.5 Å². The van der Waals surface area contributed by atoms with Gasteiger partial charge in [-0.3, -0.25) is 4.90 Å². The lowest BCUT2D eigenvalue weighted by Gasteiger charge is -2.36. The molecule has 0 saturated carbocycles. The Morgan fingerprint density at radius 2 is 1.64 bits per heavy atom. The van der Waals surface area contributed by atoms with Gasteiger partial charge >= 0.3 is 0 Å². The van der Waals surface area contributed by atoms with Gasteiger partial charge in [0.2, 0.25) is 0 Å². The average Bonchev–Trinajstić information content (AvgIpc) is 2.65. The fraction of sp³-hybridized carbons (Fsp3) is 0.400. The maximum absolute atomic E-state index is 6.13. The number of halogens is 2. The van der Waals surface area contributed by atoms with Crippen molar-refractivity contribution in [2.24, 2.45) is 0 Å². The summed E-state index contributed by atoms with van der Waals surface area (Å²) in [6.07, 6.45) is 2.34. The molecule has 3 nitrogen and oxygen atoms in total. The van der Waals surface area contributed by atoms with E-state index in [0.717, 1.165) is 39.1 Å². The molecule has 1 fully saturated rings. The third kappa shape index (κ3) is 5.04. The van der Waals surface area contributed by atoms with Gasteiger partial charge in [0.1, 0.15) is 0 Å². The molecule has 0 spiro atoms. The predicted octanol–water partition coefficient (Wildman–Crippen LogP) is 4.79. The van der Waals surface area contributed by atoms with Crippen LogP contribution in [0.1, 0.15) is 12.0 Å². The molecule has 1 aliphatic heterocycles. The van der Waals surface area contributed by atoms with Crippen LogP contribution in [0.25, 0.3) is 0 Å². The molecule has 1 aliphatic rings. The highest BCUT2D eigenvalue weighted by Gasteiger charge is 2.17. The standard InChI is InChI=1S/C20H25Cl2N3/c1-23-17-6-4-16(5-7-17)3-2-10-24-11-13-25(14-12-24)18-8-9-19(21)20(22)15-18/h4-9,15,23H,2-3,10-14H2,1H3. The van der Waals surface area contributed by atoms with Crippen molar-refractivity contribution in [1.82, 2.24) is 4.90 Å². The minimum absolute atomic E-state index is 0.617. The third-order valence-corrected chi connectivity index (χ3v) is 5.56. The van der Waals surface area contributed by atoms with Gasteiger partial charge in [-0.1, -0.05) is 35.3 Å². The Morgan fingerprint density at radius 3 is 2.28 bits per heavy atom. The van der Waals surface area contributed by atoms with Crippen molar-refractivity contribution in [2.45, 2.75) is 12.8 Å². The molecular formula is C20H25Cl2N3. The summed E-state index contributed by atoms with van der Waals surface area (Å²) in [5.41, 5.74) is 3.74. The summed E-state index contributed by atoms with van der Waals surface area (Å²) in [7, 11) is 1.95. The van der Waals surface area contributed by atoms with Gasteiger partial charge in [-0.2, -0.15) is 0 Å². The number of piperazine rings is 1. The van der Waals surface area contributed by atoms with Crippen LogP contribution in [0.3, 0.4) is 0 Å². The molecule has 0 unspecified atom stereocenters. The summed E-state index contributed by atoms with van der Waals surface area (Å²) in [5.74, 6) is 0. The summed E-state index contributed by atoms with van der Waals surface area (Å²) < 4.78 is 0. The van der Waals surface area contributed by atoms with E-state index in [1.54, 1.807) is 0 Å². The molecule has 0 aromatic heterocycles. The summed E-state index contributed by atoms with van der Waals surface area (Å²) in [6.45, 7) is 5.42. The van der Waals surface area contributed by atoms with Crippen molar-refractivity contribution >= 4 is 34.6 Å². The van der Waals surface area contributed by atoms with Gasteiger partial charge in [0.15, 0.2) is 0 Å². The monoisotopic (exact) mass is 377 g/mol. The lowest BCUT2D eigenvalue weighted by atomic mass is 10.1. The molecule has 2 aromatic rings. The van der Waals surface area contributed by atoms with Crippen LogP contribution in [0.4, 0.5) is 11.4 Å². The first-order chi connectivity index (χ1) is 12.2. The van der Waals surface area contributed by atoms with Crippen molar-refractivity contribution in [3.63, 3.8) is 0 Å². The maximum Gasteiger partial charge on any atom is 0.0612 e. The minimum Gasteiger partial charge on any atom is -0.388 e. The van der Waals surface area contributed by atoms with Gasteiger partial charge in [-0.15, -0.1) is 0 Å². The zero-order valence-corrected chi connectivity index (χ0v) is 16.2. The Hall–Kier alpha value is -1.42. The van der Waals surface area contributed by atoms with E-state index in [-0.39, 0.29) is 0 Å². The smallest absolute Gasteiger partial charge is 0.0612 e. The fourth-order valence-corrected chi connectivity index (χ4v) is 3.55. The highest BCUT2D eigenvalue weighted by molar-refractivity contribution is 6.42. The molecule has 3 rings (SSSR count). The Kier molecular flexibility index (Phi) is 6.46. The summed E-state index contributed by atoms with van der Waals surface area (Å²) >= 11 is 12.1. The molecule has 134 valence electrons. The fourth-order valence-electron chi connectivity index (χ4n) is 3.26. The van der Waals surface area contributed by atoms with Crippen molar-refractivity contribution in [3.8, 4) is 0 Å². The summed E-state index contributed by atoms with van der Waals surface area (Å²) in [5, 5.41) is 4.41. The zero-order chi connectivity index (χ0) is 17.6. The highest BCUT2D eigenvalue weighted by Crippen LogP contribution is 2.27. The normalized spacial score (nSPS) is 15.4. The van der Waals surface area contributed by atoms with Gasteiger partial charge < -0.3 is 10.2 Å². The van der Waals surface area contributed by atoms with Gasteiger partial charge in [0, 0.05) is 44.6 Å². The molecule has 1 saturated heterocycles. The largest absolute Gasteiger partial charge is 0.388 e. The average molecular weight is 378 g/mol. The van der Waals surface area contributed by atoms with Crippen LogP contribution < -0.4 is 10.2 Å². The summed E-state index contributed by atoms with van der Waals surface area (Å²) in [4.78, 5) is 4.94. The molecule has 0 atom stereocenters. The molecular weight excluding hydrogens is 353 g/mol. The molecule has 0 aliphatic carbocycles. The number of anilines is 2. The second kappa shape index (κ2) is 8.79. The van der Waals surface area contributed by atoms with Gasteiger partial charge in [-0.05, 0) is 55.3 Å². The number of hydrogen-bond donors (Lipinski definition) is 1. The predicted molar refractivity (Wildman–Crippen MR) is 109 cm³/mol. The van der Waals surface area contributed by atoms with Crippen LogP contribution in [0.2, 0.25) is 10.0 Å². The number of nitrogens with one attached hydrogen (secondary N) is 1. The Balaban J connectivity index is 1.42. The van der Waals surface area contributed by atoms with E-state index >= 15 is 0 Å². The SMILES string of the molecule is CNc1ccc(CCCN2CCN(c3ccc(Cl)c(Cl)c3)CC2)cc1. The van der Waals surface area contributed by atoms with E-state index < -0.39 is 0 Å². The molecule has 0 amide bonds. The van der Waals surface area contributed by atoms with Crippen molar-refractivity contribution < 1.29 is 0 Å². The van der Waals surface area contributed by atoms with Crippen LogP contribution in [0, 0.1) is 0 Å². The van der Waals surface area contributed by atoms with E-state index in [0.29, 0.717) is 10.0 Å². The maximum atomic E-state index is 6.13. The van der Waals surface area contributed by atoms with E-state index in [1.165, 1.54) is 23.4 Å². The van der Waals surface area contributed by atoms with E-state index in [2.05, 4.69) is 45.4 Å². The Labute approximate surface area is 160 Å². The number of hydrogen-bond acceptors (Lipinski definition) is 3. The van der Waals surface area contributed by atoms with Crippen LogP contribution in [-0.4, -0.2) is 44.7 Å². The first kappa shape index (κ1) is 18.4. The van der Waals surface area contributed by atoms with Crippen LogP contribution in [-0.2, 0) is 6.42 Å². The number of aryl methyl sites for hydroxylation is 1. The Morgan fingerprint density at radius 1 is 0.920 bits per heavy atom. The van der Waals surface area contributed by atoms with Gasteiger partial charge in [0.25, 0.3) is 0 Å². The lowest BCUT2D eigenvalue weighted by molar-refractivity contribution is 0.255. The quantitative estimate of drug-likeness (QED) is 0.780. The first-order valence-corrected chi connectivity index (χ1v) is 9.60. The van der Waals surface area contributed by atoms with E-state index in [4.69, 9.17) is 23.2 Å². The second-order valence-electron chi connectivity index (χ2n) is 6.48. The van der Waals surface area contributed by atoms with Crippen LogP contribution >= 0.6 is 23.2 Å². The number of rotatable bonds is 6. The molecule has 5 heteroatoms.